The molecule has 2 amide bonds. The fourth-order valence-electron chi connectivity index (χ4n) is 5.64. The van der Waals surface area contributed by atoms with Crippen molar-refractivity contribution in [3.63, 3.8) is 0 Å². The number of ether oxygens (including phenoxy) is 4. The number of methoxy groups -OCH3 is 2. The van der Waals surface area contributed by atoms with Gasteiger partial charge in [-0.05, 0) is 96.3 Å². The van der Waals surface area contributed by atoms with Crippen molar-refractivity contribution in [3.05, 3.63) is 138 Å². The van der Waals surface area contributed by atoms with Gasteiger partial charge in [-0.1, -0.05) is 72.8 Å². The van der Waals surface area contributed by atoms with Crippen LogP contribution in [0.15, 0.2) is 115 Å². The average Bonchev–Trinajstić information content (AvgIpc) is 3.13. The van der Waals surface area contributed by atoms with Gasteiger partial charge in [0.25, 0.3) is 0 Å². The third-order valence-electron chi connectivity index (χ3n) is 8.14. The Morgan fingerprint density at radius 2 is 1.27 bits per heavy atom. The minimum Gasteiger partial charge on any atom is -0.497 e. The van der Waals surface area contributed by atoms with Crippen LogP contribution >= 0.6 is 0 Å². The Labute approximate surface area is 299 Å². The minimum absolute atomic E-state index is 0.0779. The van der Waals surface area contributed by atoms with Gasteiger partial charge < -0.3 is 29.2 Å². The number of nitrogens with one attached hydrogen (secondary N) is 1. The molecule has 1 unspecified atom stereocenters. The second kappa shape index (κ2) is 16.7. The first-order valence-electron chi connectivity index (χ1n) is 16.8. The largest absolute Gasteiger partial charge is 0.497 e. The maximum Gasteiger partial charge on any atom is 0.344 e. The van der Waals surface area contributed by atoms with Crippen molar-refractivity contribution in [3.8, 4) is 17.2 Å². The molecule has 0 saturated carbocycles. The van der Waals surface area contributed by atoms with Crippen LogP contribution in [0.4, 0.5) is 0 Å². The van der Waals surface area contributed by atoms with Gasteiger partial charge in [0, 0.05) is 13.1 Å². The highest BCUT2D eigenvalue weighted by atomic mass is 16.6. The van der Waals surface area contributed by atoms with Crippen molar-refractivity contribution < 1.29 is 33.3 Å². The third kappa shape index (κ3) is 10.3. The molecule has 0 aromatic heterocycles. The van der Waals surface area contributed by atoms with E-state index in [0.717, 1.165) is 27.5 Å². The van der Waals surface area contributed by atoms with Crippen LogP contribution in [0.5, 0.6) is 17.2 Å². The van der Waals surface area contributed by atoms with Crippen LogP contribution in [-0.4, -0.2) is 49.1 Å². The van der Waals surface area contributed by atoms with E-state index in [1.807, 2.05) is 109 Å². The number of nitrogens with zero attached hydrogens (tertiary/aromatic N) is 1. The molecule has 0 aliphatic carbocycles. The van der Waals surface area contributed by atoms with Gasteiger partial charge in [0.05, 0.1) is 20.6 Å². The number of amides is 2. The Kier molecular flexibility index (Phi) is 11.9. The van der Waals surface area contributed by atoms with Gasteiger partial charge in [-0.25, -0.2) is 4.79 Å². The third-order valence-corrected chi connectivity index (χ3v) is 8.14. The highest BCUT2D eigenvalue weighted by molar-refractivity contribution is 5.92. The number of rotatable bonds is 14. The normalized spacial score (nSPS) is 11.7. The minimum atomic E-state index is -0.964. The van der Waals surface area contributed by atoms with Gasteiger partial charge in [-0.15, -0.1) is 0 Å². The summed E-state index contributed by atoms with van der Waals surface area (Å²) in [5.41, 5.74) is 2.61. The van der Waals surface area contributed by atoms with Crippen molar-refractivity contribution in [1.29, 1.82) is 0 Å². The van der Waals surface area contributed by atoms with Gasteiger partial charge in [-0.3, -0.25) is 9.59 Å². The molecule has 0 spiro atoms. The standard InChI is InChI=1S/C42H44N2O7/c1-42(2,3)51-39(46)28-50-37-22-17-32-24-34(16-15-33(32)25-37)40(41(47)43-26-30-9-7-6-8-10-30)44(27-31-13-20-36(49-5)21-14-31)38(45)23-29-11-18-35(48-4)19-12-29/h6-22,24-25,40H,23,26-28H2,1-5H3,(H,43,47). The summed E-state index contributed by atoms with van der Waals surface area (Å²) in [7, 11) is 3.19. The number of fused-ring (bicyclic) bond motifs is 1. The Morgan fingerprint density at radius 3 is 1.90 bits per heavy atom. The summed E-state index contributed by atoms with van der Waals surface area (Å²) in [6.07, 6.45) is 0.0779. The molecular formula is C42H44N2O7. The van der Waals surface area contributed by atoms with Gasteiger partial charge in [-0.2, -0.15) is 0 Å². The summed E-state index contributed by atoms with van der Waals surface area (Å²) >= 11 is 0. The fourth-order valence-corrected chi connectivity index (χ4v) is 5.64. The van der Waals surface area contributed by atoms with E-state index < -0.39 is 17.6 Å². The molecule has 5 rings (SSSR count). The molecule has 5 aromatic rings. The summed E-state index contributed by atoms with van der Waals surface area (Å²) in [6.45, 7) is 5.67. The molecule has 9 nitrogen and oxygen atoms in total. The lowest BCUT2D eigenvalue weighted by Crippen LogP contribution is -2.43. The quantitative estimate of drug-likeness (QED) is 0.123. The second-order valence-corrected chi connectivity index (χ2v) is 13.1. The molecule has 1 atom stereocenters. The lowest BCUT2D eigenvalue weighted by Gasteiger charge is -2.32. The van der Waals surface area contributed by atoms with E-state index in [1.165, 1.54) is 0 Å². The summed E-state index contributed by atoms with van der Waals surface area (Å²) in [5.74, 6) is 0.895. The average molecular weight is 689 g/mol. The molecule has 0 saturated heterocycles. The SMILES string of the molecule is COc1ccc(CC(=O)N(Cc2ccc(OC)cc2)C(C(=O)NCc2ccccc2)c2ccc3cc(OCC(=O)OC(C)(C)C)ccc3c2)cc1. The number of carbonyl (C=O) groups is 3. The highest BCUT2D eigenvalue weighted by Gasteiger charge is 2.32. The summed E-state index contributed by atoms with van der Waals surface area (Å²) in [6, 6.07) is 34.6. The van der Waals surface area contributed by atoms with Crippen LogP contribution in [0.3, 0.4) is 0 Å². The number of benzene rings is 5. The van der Waals surface area contributed by atoms with Crippen LogP contribution in [0, 0.1) is 0 Å². The number of hydrogen-bond acceptors (Lipinski definition) is 7. The van der Waals surface area contributed by atoms with Crippen molar-refractivity contribution in [1.82, 2.24) is 10.2 Å². The Balaban J connectivity index is 1.49. The van der Waals surface area contributed by atoms with E-state index in [4.69, 9.17) is 18.9 Å². The summed E-state index contributed by atoms with van der Waals surface area (Å²) in [5, 5.41) is 4.76. The maximum atomic E-state index is 14.3. The molecule has 0 bridgehead atoms. The van der Waals surface area contributed by atoms with E-state index in [9.17, 15) is 14.4 Å². The van der Waals surface area contributed by atoms with E-state index >= 15 is 0 Å². The predicted molar refractivity (Wildman–Crippen MR) is 197 cm³/mol. The highest BCUT2D eigenvalue weighted by Crippen LogP contribution is 2.30. The van der Waals surface area contributed by atoms with Crippen molar-refractivity contribution in [2.75, 3.05) is 20.8 Å². The molecule has 9 heteroatoms. The molecule has 51 heavy (non-hydrogen) atoms. The molecule has 264 valence electrons. The van der Waals surface area contributed by atoms with Gasteiger partial charge in [0.1, 0.15) is 28.9 Å². The van der Waals surface area contributed by atoms with Gasteiger partial charge in [0.2, 0.25) is 11.8 Å². The van der Waals surface area contributed by atoms with Crippen LogP contribution in [0.1, 0.15) is 49.1 Å². The molecule has 0 radical (unpaired) electrons. The Morgan fingerprint density at radius 1 is 0.686 bits per heavy atom. The van der Waals surface area contributed by atoms with E-state index in [0.29, 0.717) is 29.4 Å². The lowest BCUT2D eigenvalue weighted by molar-refractivity contribution is -0.157. The van der Waals surface area contributed by atoms with E-state index in [-0.39, 0.29) is 31.4 Å². The Bertz CT molecular complexity index is 1940. The maximum absolute atomic E-state index is 14.3. The van der Waals surface area contributed by atoms with Crippen LogP contribution in [-0.2, 0) is 38.6 Å². The van der Waals surface area contributed by atoms with Crippen molar-refractivity contribution >= 4 is 28.6 Å². The van der Waals surface area contributed by atoms with Crippen LogP contribution in [0.25, 0.3) is 10.8 Å². The molecular weight excluding hydrogens is 644 g/mol. The summed E-state index contributed by atoms with van der Waals surface area (Å²) in [4.78, 5) is 42.5. The van der Waals surface area contributed by atoms with E-state index in [2.05, 4.69) is 5.32 Å². The summed E-state index contributed by atoms with van der Waals surface area (Å²) < 4.78 is 21.7. The molecule has 0 aliphatic rings. The molecule has 0 fully saturated rings. The molecule has 1 N–H and O–H groups in total. The molecule has 5 aromatic carbocycles. The smallest absolute Gasteiger partial charge is 0.344 e. The monoisotopic (exact) mass is 688 g/mol. The second-order valence-electron chi connectivity index (χ2n) is 13.1. The zero-order valence-electron chi connectivity index (χ0n) is 29.7. The fraction of sp³-hybridized carbons (Fsp3) is 0.262. The number of hydrogen-bond donors (Lipinski definition) is 1. The van der Waals surface area contributed by atoms with Crippen LogP contribution in [0.2, 0.25) is 0 Å². The molecule has 0 heterocycles. The Hall–Kier alpha value is -5.83. The first kappa shape index (κ1) is 36.5. The zero-order valence-corrected chi connectivity index (χ0v) is 29.7. The first-order valence-corrected chi connectivity index (χ1v) is 16.8. The predicted octanol–water partition coefficient (Wildman–Crippen LogP) is 7.21. The van der Waals surface area contributed by atoms with Gasteiger partial charge >= 0.3 is 5.97 Å². The number of esters is 1. The number of carbonyl (C=O) groups excluding carboxylic acids is 3. The first-order chi connectivity index (χ1) is 24.5. The van der Waals surface area contributed by atoms with Crippen LogP contribution < -0.4 is 19.5 Å². The zero-order chi connectivity index (χ0) is 36.4. The van der Waals surface area contributed by atoms with Crippen molar-refractivity contribution in [2.45, 2.75) is 51.9 Å². The molecule has 0 aliphatic heterocycles. The lowest BCUT2D eigenvalue weighted by atomic mass is 9.98. The van der Waals surface area contributed by atoms with E-state index in [1.54, 1.807) is 46.0 Å². The topological polar surface area (TPSA) is 103 Å². The van der Waals surface area contributed by atoms with Gasteiger partial charge in [0.15, 0.2) is 6.61 Å². The van der Waals surface area contributed by atoms with Crippen molar-refractivity contribution in [2.24, 2.45) is 0 Å².